The van der Waals surface area contributed by atoms with Crippen LogP contribution in [0, 0.1) is 0 Å². The van der Waals surface area contributed by atoms with E-state index in [1.165, 1.54) is 80.3 Å². The summed E-state index contributed by atoms with van der Waals surface area (Å²) in [4.78, 5) is 0. The van der Waals surface area contributed by atoms with Gasteiger partial charge in [0.2, 0.25) is 0 Å². The van der Waals surface area contributed by atoms with E-state index in [9.17, 15) is 0 Å². The topological polar surface area (TPSA) is 23.0 Å². The van der Waals surface area contributed by atoms with Gasteiger partial charge in [-0.25, -0.2) is 0 Å². The monoisotopic (exact) mass is 704 g/mol. The Morgan fingerprint density at radius 2 is 1.09 bits per heavy atom. The van der Waals surface area contributed by atoms with E-state index < -0.39 is 0 Å². The molecule has 0 unspecified atom stereocenters. The van der Waals surface area contributed by atoms with Crippen LogP contribution in [0.2, 0.25) is 0 Å². The van der Waals surface area contributed by atoms with E-state index in [0.717, 1.165) is 38.7 Å². The minimum Gasteiger partial charge on any atom is -0.454 e. The van der Waals surface area contributed by atoms with Gasteiger partial charge in [-0.3, -0.25) is 0 Å². The fourth-order valence-electron chi connectivity index (χ4n) is 9.42. The van der Waals surface area contributed by atoms with Gasteiger partial charge in [-0.05, 0) is 76.5 Å². The minimum atomic E-state index is 0.906. The first-order valence-corrected chi connectivity index (χ1v) is 19.2. The lowest BCUT2D eigenvalue weighted by Gasteiger charge is -2.12. The van der Waals surface area contributed by atoms with Gasteiger partial charge in [-0.15, -0.1) is 11.3 Å². The maximum absolute atomic E-state index is 6.55. The molecular weight excluding hydrogens is 677 g/mol. The number of para-hydroxylation sites is 3. The zero-order chi connectivity index (χ0) is 35.1. The molecule has 0 saturated heterocycles. The van der Waals surface area contributed by atoms with Crippen LogP contribution < -0.4 is 0 Å². The van der Waals surface area contributed by atoms with Crippen molar-refractivity contribution in [2.75, 3.05) is 0 Å². The van der Waals surface area contributed by atoms with Crippen LogP contribution in [0.25, 0.3) is 119 Å². The molecule has 0 spiro atoms. The van der Waals surface area contributed by atoms with Gasteiger partial charge in [-0.2, -0.15) is 0 Å². The molecule has 9 aromatic carbocycles. The maximum atomic E-state index is 6.55. The summed E-state index contributed by atoms with van der Waals surface area (Å²) in [5.41, 5.74) is 11.4. The molecule has 4 heterocycles. The van der Waals surface area contributed by atoms with Gasteiger partial charge in [0.05, 0.1) is 38.1 Å². The number of rotatable bonds is 3. The summed E-state index contributed by atoms with van der Waals surface area (Å²) in [7, 11) is 0. The summed E-state index contributed by atoms with van der Waals surface area (Å²) in [5, 5.41) is 12.5. The summed E-state index contributed by atoms with van der Waals surface area (Å²) in [6.45, 7) is 0. The van der Waals surface area contributed by atoms with E-state index in [0.29, 0.717) is 0 Å². The molecule has 3 nitrogen and oxygen atoms in total. The average molecular weight is 705 g/mol. The van der Waals surface area contributed by atoms with Crippen LogP contribution in [-0.2, 0) is 0 Å². The largest absolute Gasteiger partial charge is 0.454 e. The van der Waals surface area contributed by atoms with Crippen molar-refractivity contribution in [1.29, 1.82) is 0 Å². The molecule has 0 aliphatic carbocycles. The van der Waals surface area contributed by atoms with Gasteiger partial charge in [0, 0.05) is 47.8 Å². The van der Waals surface area contributed by atoms with Crippen molar-refractivity contribution in [3.8, 4) is 22.5 Å². The van der Waals surface area contributed by atoms with E-state index in [1.54, 1.807) is 0 Å². The summed E-state index contributed by atoms with van der Waals surface area (Å²) >= 11 is 1.89. The molecule has 0 saturated carbocycles. The highest BCUT2D eigenvalue weighted by Gasteiger charge is 2.22. The molecule has 0 N–H and O–H groups in total. The molecule has 13 rings (SSSR count). The van der Waals surface area contributed by atoms with Gasteiger partial charge in [-0.1, -0.05) is 115 Å². The van der Waals surface area contributed by atoms with Crippen molar-refractivity contribution in [1.82, 2.24) is 9.13 Å². The Labute approximate surface area is 312 Å². The van der Waals surface area contributed by atoms with Crippen LogP contribution >= 0.6 is 11.3 Å². The SMILES string of the molecule is c1ccc2c(c1)oc1c(-n3c4ccccc4c4cc(-c5ccc6c7c5ccc5cccc(c57)n6-c5cccc6c5sc5ccccc56)ccc43)cccc12. The average Bonchev–Trinajstić information content (AvgIpc) is 3.98. The molecule has 0 aliphatic heterocycles. The summed E-state index contributed by atoms with van der Waals surface area (Å²) in [5.74, 6) is 0. The highest BCUT2D eigenvalue weighted by molar-refractivity contribution is 7.26. The van der Waals surface area contributed by atoms with Gasteiger partial charge in [0.25, 0.3) is 0 Å². The van der Waals surface area contributed by atoms with Gasteiger partial charge < -0.3 is 13.6 Å². The summed E-state index contributed by atoms with van der Waals surface area (Å²) in [6.07, 6.45) is 0. The molecule has 4 aromatic heterocycles. The first-order valence-electron chi connectivity index (χ1n) is 18.4. The Hall–Kier alpha value is -6.88. The third kappa shape index (κ3) is 3.65. The van der Waals surface area contributed by atoms with Crippen molar-refractivity contribution in [3.05, 3.63) is 170 Å². The Morgan fingerprint density at radius 3 is 2.04 bits per heavy atom. The van der Waals surface area contributed by atoms with E-state index in [2.05, 4.69) is 173 Å². The lowest BCUT2D eigenvalue weighted by Crippen LogP contribution is -1.94. The molecule has 0 fully saturated rings. The van der Waals surface area contributed by atoms with Crippen molar-refractivity contribution < 1.29 is 4.42 Å². The fourth-order valence-corrected chi connectivity index (χ4v) is 10.6. The highest BCUT2D eigenvalue weighted by atomic mass is 32.1. The Bertz CT molecular complexity index is 3690. The molecule has 250 valence electrons. The quantitative estimate of drug-likeness (QED) is 0.168. The van der Waals surface area contributed by atoms with Crippen LogP contribution in [0.3, 0.4) is 0 Å². The van der Waals surface area contributed by atoms with E-state index in [4.69, 9.17) is 4.42 Å². The summed E-state index contributed by atoms with van der Waals surface area (Å²) < 4.78 is 14.1. The molecule has 0 amide bonds. The van der Waals surface area contributed by atoms with Crippen LogP contribution in [0.4, 0.5) is 0 Å². The number of hydrogen-bond donors (Lipinski definition) is 0. The predicted molar refractivity (Wildman–Crippen MR) is 229 cm³/mol. The van der Waals surface area contributed by atoms with Crippen LogP contribution in [-0.4, -0.2) is 9.13 Å². The third-order valence-corrected chi connectivity index (χ3v) is 12.9. The summed E-state index contributed by atoms with van der Waals surface area (Å²) in [6, 6.07) is 62.2. The van der Waals surface area contributed by atoms with E-state index in [-0.39, 0.29) is 0 Å². The van der Waals surface area contributed by atoms with Crippen LogP contribution in [0.15, 0.2) is 174 Å². The first kappa shape index (κ1) is 28.7. The normalized spacial score (nSPS) is 12.4. The van der Waals surface area contributed by atoms with E-state index in [1.807, 2.05) is 17.4 Å². The van der Waals surface area contributed by atoms with Crippen molar-refractivity contribution in [2.45, 2.75) is 0 Å². The molecule has 0 atom stereocenters. The van der Waals surface area contributed by atoms with Crippen LogP contribution in [0.5, 0.6) is 0 Å². The second-order valence-electron chi connectivity index (χ2n) is 14.4. The van der Waals surface area contributed by atoms with Gasteiger partial charge >= 0.3 is 0 Å². The Balaban J connectivity index is 1.06. The number of fused-ring (bicyclic) bond motifs is 9. The Morgan fingerprint density at radius 1 is 0.407 bits per heavy atom. The van der Waals surface area contributed by atoms with Crippen molar-refractivity contribution in [3.63, 3.8) is 0 Å². The molecular formula is C50H28N2OS. The standard InChI is InChI=1S/C50H28N2OS/c1-4-16-39-32(11-1)38-28-30(23-26-40(38)51(39)43-18-8-14-36-33-12-2-5-20-45(33)53-49(36)43)31-25-27-42-48-35(31)24-22-29-10-7-17-41(47(29)48)52(42)44-19-9-15-37-34-13-3-6-21-46(34)54-50(37)44/h1-28H. The molecule has 13 aromatic rings. The fraction of sp³-hybridized carbons (Fsp3) is 0. The van der Waals surface area contributed by atoms with Crippen molar-refractivity contribution in [2.24, 2.45) is 0 Å². The molecule has 0 bridgehead atoms. The molecule has 0 aliphatic rings. The lowest BCUT2D eigenvalue weighted by atomic mass is 9.94. The van der Waals surface area contributed by atoms with Gasteiger partial charge in [0.15, 0.2) is 5.58 Å². The predicted octanol–water partition coefficient (Wildman–Crippen LogP) is 14.4. The lowest BCUT2D eigenvalue weighted by molar-refractivity contribution is 0.666. The minimum absolute atomic E-state index is 0.906. The smallest absolute Gasteiger partial charge is 0.159 e. The van der Waals surface area contributed by atoms with Crippen molar-refractivity contribution >= 4 is 108 Å². The number of thiophene rings is 1. The number of aromatic nitrogens is 2. The first-order chi connectivity index (χ1) is 26.8. The van der Waals surface area contributed by atoms with Gasteiger partial charge in [0.1, 0.15) is 5.58 Å². The number of benzene rings is 9. The second-order valence-corrected chi connectivity index (χ2v) is 15.5. The Kier molecular flexibility index (Phi) is 5.51. The molecule has 0 radical (unpaired) electrons. The van der Waals surface area contributed by atoms with E-state index >= 15 is 0 Å². The second kappa shape index (κ2) is 10.4. The third-order valence-electron chi connectivity index (χ3n) is 11.7. The number of hydrogen-bond acceptors (Lipinski definition) is 2. The molecule has 54 heavy (non-hydrogen) atoms. The zero-order valence-corrected chi connectivity index (χ0v) is 29.7. The zero-order valence-electron chi connectivity index (χ0n) is 28.9. The molecule has 4 heteroatoms. The van der Waals surface area contributed by atoms with Crippen LogP contribution in [0.1, 0.15) is 0 Å². The highest BCUT2D eigenvalue weighted by Crippen LogP contribution is 2.46. The maximum Gasteiger partial charge on any atom is 0.159 e. The number of nitrogens with zero attached hydrogens (tertiary/aromatic N) is 2. The number of furan rings is 1.